The first kappa shape index (κ1) is 117. The van der Waals surface area contributed by atoms with E-state index in [4.69, 9.17) is 0 Å². The van der Waals surface area contributed by atoms with E-state index in [-0.39, 0.29) is 98.9 Å². The van der Waals surface area contributed by atoms with Crippen LogP contribution in [0, 0.1) is 0 Å². The summed E-state index contributed by atoms with van der Waals surface area (Å²) in [6.45, 7) is 35.4. The monoisotopic (exact) mass is 1160 g/mol. The van der Waals surface area contributed by atoms with Gasteiger partial charge in [0.15, 0.2) is 0 Å². The van der Waals surface area contributed by atoms with E-state index in [0.29, 0.717) is 31.5 Å². The second-order valence-electron chi connectivity index (χ2n) is 8.02. The minimum absolute atomic E-state index is 0. The number of rotatable bonds is 0. The van der Waals surface area contributed by atoms with Crippen LogP contribution in [-0.4, -0.2) is 66.0 Å². The third-order valence-corrected chi connectivity index (χ3v) is 0. The van der Waals surface area contributed by atoms with Crippen LogP contribution in [0.2, 0.25) is 0 Å². The Hall–Kier alpha value is 7.16. The molecule has 0 N–H and O–H groups in total. The summed E-state index contributed by atoms with van der Waals surface area (Å²) in [5.41, 5.74) is 0. The van der Waals surface area contributed by atoms with Gasteiger partial charge >= 0.3 is 98.9 Å². The summed E-state index contributed by atoms with van der Waals surface area (Å²) in [4.78, 5) is 0. The van der Waals surface area contributed by atoms with Crippen LogP contribution in [0.15, 0.2) is 0 Å². The van der Waals surface area contributed by atoms with Crippen molar-refractivity contribution in [2.75, 3.05) is 34.5 Å². The SMILES string of the molecule is CC(C)[S-].CC(C)[S-].CC(C)[S-].CC(C)[S-].CC(C)[S-].CC(C)[S-].CC[S-].CC[S-].CC[S-].CC[S-].CC[S-].CC[S-].[Ni+2].[Ni+2].[Ni+2].[Ni+2].[Ni+2].[Ni+2]. The minimum atomic E-state index is 0. The Morgan fingerprint density at radius 3 is 0.229 bits per heavy atom. The Kier molecular flexibility index (Phi) is 385. The molecule has 0 aliphatic carbocycles. The fourth-order valence-corrected chi connectivity index (χ4v) is 0. The van der Waals surface area contributed by atoms with Gasteiger partial charge < -0.3 is 152 Å². The third kappa shape index (κ3) is 2820. The van der Waals surface area contributed by atoms with E-state index < -0.39 is 0 Å². The van der Waals surface area contributed by atoms with Crippen molar-refractivity contribution in [3.05, 3.63) is 0 Å². The van der Waals surface area contributed by atoms with Crippen LogP contribution in [0.1, 0.15) is 125 Å². The van der Waals surface area contributed by atoms with Gasteiger partial charge in [-0.1, -0.05) is 125 Å². The molecule has 0 bridgehead atoms. The van der Waals surface area contributed by atoms with Crippen molar-refractivity contribution >= 4 is 152 Å². The molecule has 0 saturated carbocycles. The maximum Gasteiger partial charge on any atom is 2.00 e. The second kappa shape index (κ2) is 158. The summed E-state index contributed by atoms with van der Waals surface area (Å²) in [5, 5.41) is 2.50. The van der Waals surface area contributed by atoms with Gasteiger partial charge in [-0.15, -0.1) is 0 Å². The van der Waals surface area contributed by atoms with Crippen molar-refractivity contribution in [3.8, 4) is 0 Å². The average molecular weight is 1170 g/mol. The predicted octanol–water partition coefficient (Wildman–Crippen LogP) is 8.95. The summed E-state index contributed by atoms with van der Waals surface area (Å²) < 4.78 is 0. The summed E-state index contributed by atoms with van der Waals surface area (Å²) in [6, 6.07) is 0. The van der Waals surface area contributed by atoms with Crippen LogP contribution in [-0.2, 0) is 250 Å². The standard InChI is InChI=1S/6C3H8S.6C2H6S.6Ni/c6*1-3(2)4;6*1-2-3;;;;;;/h6*3-4H,1-2H3;6*3H,2H2,1H3;;;;;;/q;;;;;;;;;;;;6*+2/p-12. The maximum absolute atomic E-state index is 4.62. The van der Waals surface area contributed by atoms with Gasteiger partial charge in [0, 0.05) is 0 Å². The van der Waals surface area contributed by atoms with E-state index >= 15 is 0 Å². The molecule has 0 spiro atoms. The molecule has 0 aromatic heterocycles. The predicted molar refractivity (Wildman–Crippen MR) is 242 cm³/mol. The molecule has 0 heterocycles. The first-order valence-electron chi connectivity index (χ1n) is 14.3. The smallest absolute Gasteiger partial charge is 0.793 e. The zero-order valence-corrected chi connectivity index (χ0v) is 48.2. The van der Waals surface area contributed by atoms with Gasteiger partial charge in [-0.25, -0.2) is 0 Å². The minimum Gasteiger partial charge on any atom is -0.793 e. The first-order valence-corrected chi connectivity index (χ1v) is 20.6. The Morgan fingerprint density at radius 1 is 0.229 bits per heavy atom. The van der Waals surface area contributed by atoms with Crippen molar-refractivity contribution in [3.63, 3.8) is 0 Å². The zero-order valence-electron chi connectivity index (χ0n) is 32.5. The molecule has 18 heteroatoms. The van der Waals surface area contributed by atoms with Crippen molar-refractivity contribution in [1.82, 2.24) is 0 Å². The topological polar surface area (TPSA) is 0 Å². The molecule has 0 aromatic carbocycles. The largest absolute Gasteiger partial charge is 2.00 e. The molecule has 0 aliphatic heterocycles. The number of hydrogen-bond acceptors (Lipinski definition) is 12. The van der Waals surface area contributed by atoms with Gasteiger partial charge in [0.25, 0.3) is 0 Å². The van der Waals surface area contributed by atoms with Crippen LogP contribution in [0.25, 0.3) is 0 Å². The Bertz CT molecular complexity index is 192. The summed E-state index contributed by atoms with van der Waals surface area (Å²) >= 11 is 54.1. The molecule has 0 aliphatic rings. The molecule has 0 nitrogen and oxygen atoms in total. The molecule has 0 rings (SSSR count). The molecule has 0 fully saturated rings. The maximum atomic E-state index is 4.62. The summed E-state index contributed by atoms with van der Waals surface area (Å²) in [6.07, 6.45) is 0. The quantitative estimate of drug-likeness (QED) is 0.168. The second-order valence-corrected chi connectivity index (χ2v) is 17.1. The van der Waals surface area contributed by atoms with Crippen molar-refractivity contribution in [1.29, 1.82) is 0 Å². The molecular formula is C30H72Ni6S12. The van der Waals surface area contributed by atoms with Crippen LogP contribution < -0.4 is 0 Å². The van der Waals surface area contributed by atoms with Gasteiger partial charge in [0.05, 0.1) is 0 Å². The molecule has 0 amide bonds. The van der Waals surface area contributed by atoms with Crippen LogP contribution in [0.3, 0.4) is 0 Å². The van der Waals surface area contributed by atoms with E-state index in [9.17, 15) is 0 Å². The molecule has 0 aromatic rings. The Morgan fingerprint density at radius 2 is 0.229 bits per heavy atom. The van der Waals surface area contributed by atoms with Gasteiger partial charge in [0.2, 0.25) is 0 Å². The molecule has 0 atom stereocenters. The van der Waals surface area contributed by atoms with Crippen molar-refractivity contribution in [2.45, 2.75) is 156 Å². The van der Waals surface area contributed by atoms with Crippen molar-refractivity contribution < 1.29 is 98.9 Å². The van der Waals surface area contributed by atoms with Crippen LogP contribution in [0.5, 0.6) is 0 Å². The van der Waals surface area contributed by atoms with Crippen molar-refractivity contribution in [2.24, 2.45) is 0 Å². The van der Waals surface area contributed by atoms with E-state index in [1.165, 1.54) is 0 Å². The molecular weight excluding hydrogens is 1100 g/mol. The van der Waals surface area contributed by atoms with E-state index in [2.05, 4.69) is 152 Å². The van der Waals surface area contributed by atoms with E-state index in [0.717, 1.165) is 34.5 Å². The van der Waals surface area contributed by atoms with E-state index in [1.54, 1.807) is 0 Å². The fraction of sp³-hybridized carbons (Fsp3) is 1.00. The molecule has 324 valence electrons. The van der Waals surface area contributed by atoms with Crippen LogP contribution >= 0.6 is 0 Å². The zero-order chi connectivity index (χ0) is 37.7. The average Bonchev–Trinajstić information content (AvgIpc) is 2.68. The molecule has 0 unspecified atom stereocenters. The molecule has 0 radical (unpaired) electrons. The molecule has 48 heavy (non-hydrogen) atoms. The fourth-order valence-electron chi connectivity index (χ4n) is 0. The van der Waals surface area contributed by atoms with E-state index in [1.807, 2.05) is 125 Å². The van der Waals surface area contributed by atoms with Gasteiger partial charge in [-0.3, -0.25) is 0 Å². The van der Waals surface area contributed by atoms with Gasteiger partial charge in [-0.2, -0.15) is 66.0 Å². The summed E-state index contributed by atoms with van der Waals surface area (Å²) in [7, 11) is 0. The van der Waals surface area contributed by atoms with Gasteiger partial charge in [0.1, 0.15) is 0 Å². The Balaban J connectivity index is -0.0000000127. The normalized spacial score (nSPS) is 6.75. The first-order chi connectivity index (χ1) is 18.9. The van der Waals surface area contributed by atoms with Gasteiger partial charge in [-0.05, 0) is 0 Å². The molecule has 0 saturated heterocycles. The number of hydrogen-bond donors (Lipinski definition) is 0. The third-order valence-electron chi connectivity index (χ3n) is 0. The van der Waals surface area contributed by atoms with Crippen LogP contribution in [0.4, 0.5) is 0 Å². The Labute approximate surface area is 435 Å². The summed E-state index contributed by atoms with van der Waals surface area (Å²) in [5.74, 6) is 5.00.